The summed E-state index contributed by atoms with van der Waals surface area (Å²) in [5.41, 5.74) is 0.0294. The van der Waals surface area contributed by atoms with Crippen LogP contribution in [0.4, 0.5) is 0 Å². The molecule has 20 heavy (non-hydrogen) atoms. The van der Waals surface area contributed by atoms with Crippen LogP contribution in [0.3, 0.4) is 0 Å². The second-order valence-corrected chi connectivity index (χ2v) is 6.74. The molecule has 0 aliphatic rings. The molecule has 0 aliphatic carbocycles. The molecular weight excluding hydrogens is 323 g/mol. The topological polar surface area (TPSA) is 80.5 Å². The fourth-order valence-electron chi connectivity index (χ4n) is 1.59. The van der Waals surface area contributed by atoms with Crippen molar-refractivity contribution in [3.63, 3.8) is 0 Å². The number of benzene rings is 1. The van der Waals surface area contributed by atoms with Gasteiger partial charge in [0.05, 0.1) is 20.5 Å². The smallest absolute Gasteiger partial charge is 0.255 e. The van der Waals surface area contributed by atoms with Crippen molar-refractivity contribution in [1.29, 1.82) is 0 Å². The lowest BCUT2D eigenvalue weighted by molar-refractivity contribution is 0.0793. The van der Waals surface area contributed by atoms with Crippen LogP contribution in [-0.4, -0.2) is 32.8 Å². The number of unbranched alkanes of at least 4 members (excludes halogenated alkanes) is 1. The summed E-state index contributed by atoms with van der Waals surface area (Å²) in [6.45, 7) is 2.55. The van der Waals surface area contributed by atoms with Crippen molar-refractivity contribution in [3.05, 3.63) is 27.7 Å². The van der Waals surface area contributed by atoms with Gasteiger partial charge in [-0.15, -0.1) is 0 Å². The molecule has 0 heterocycles. The first kappa shape index (κ1) is 17.2. The third kappa shape index (κ3) is 4.09. The van der Waals surface area contributed by atoms with Crippen molar-refractivity contribution in [1.82, 2.24) is 4.90 Å². The molecule has 5 nitrogen and oxygen atoms in total. The molecule has 112 valence electrons. The Balaban J connectivity index is 3.24. The van der Waals surface area contributed by atoms with E-state index in [2.05, 4.69) is 0 Å². The molecule has 0 spiro atoms. The molecule has 0 saturated heterocycles. The summed E-state index contributed by atoms with van der Waals surface area (Å²) in [4.78, 5) is 13.5. The number of sulfonamides is 1. The maximum absolute atomic E-state index is 12.2. The minimum Gasteiger partial charge on any atom is -0.342 e. The largest absolute Gasteiger partial charge is 0.342 e. The third-order valence-corrected chi connectivity index (χ3v) is 4.45. The zero-order chi connectivity index (χ0) is 15.5. The number of nitrogens with zero attached hydrogens (tertiary/aromatic N) is 1. The zero-order valence-electron chi connectivity index (χ0n) is 11.2. The molecule has 1 aromatic rings. The van der Waals surface area contributed by atoms with E-state index >= 15 is 0 Å². The first-order chi connectivity index (χ1) is 9.18. The van der Waals surface area contributed by atoms with Crippen LogP contribution < -0.4 is 5.14 Å². The number of amides is 1. The standard InChI is InChI=1S/C12H16Cl2N2O3S/c1-3-4-5-16(2)12(17)9-6-8(20(15,18)19)7-10(13)11(9)14/h6-7H,3-5H2,1-2H3,(H2,15,18,19). The lowest BCUT2D eigenvalue weighted by Crippen LogP contribution is -2.28. The number of nitrogens with two attached hydrogens (primary N) is 1. The number of hydrogen-bond acceptors (Lipinski definition) is 3. The third-order valence-electron chi connectivity index (χ3n) is 2.75. The normalized spacial score (nSPS) is 11.4. The Kier molecular flexibility index (Phi) is 5.82. The summed E-state index contributed by atoms with van der Waals surface area (Å²) in [7, 11) is -2.34. The van der Waals surface area contributed by atoms with Crippen LogP contribution in [0.2, 0.25) is 10.0 Å². The van der Waals surface area contributed by atoms with Gasteiger partial charge in [0, 0.05) is 13.6 Å². The average Bonchev–Trinajstić information content (AvgIpc) is 2.36. The minimum atomic E-state index is -3.95. The molecule has 0 fully saturated rings. The number of carbonyl (C=O) groups is 1. The molecule has 1 rings (SSSR count). The first-order valence-electron chi connectivity index (χ1n) is 5.95. The zero-order valence-corrected chi connectivity index (χ0v) is 13.5. The van der Waals surface area contributed by atoms with Crippen LogP contribution in [0.25, 0.3) is 0 Å². The van der Waals surface area contributed by atoms with E-state index in [-0.39, 0.29) is 20.5 Å². The van der Waals surface area contributed by atoms with E-state index in [0.29, 0.717) is 6.54 Å². The van der Waals surface area contributed by atoms with Crippen molar-refractivity contribution in [3.8, 4) is 0 Å². The van der Waals surface area contributed by atoms with Crippen LogP contribution >= 0.6 is 23.2 Å². The van der Waals surface area contributed by atoms with Crippen molar-refractivity contribution < 1.29 is 13.2 Å². The van der Waals surface area contributed by atoms with E-state index < -0.39 is 15.9 Å². The van der Waals surface area contributed by atoms with Crippen LogP contribution in [-0.2, 0) is 10.0 Å². The van der Waals surface area contributed by atoms with Crippen molar-refractivity contribution in [2.45, 2.75) is 24.7 Å². The number of hydrogen-bond donors (Lipinski definition) is 1. The van der Waals surface area contributed by atoms with Crippen molar-refractivity contribution in [2.75, 3.05) is 13.6 Å². The molecule has 8 heteroatoms. The van der Waals surface area contributed by atoms with Gasteiger partial charge < -0.3 is 4.90 Å². The summed E-state index contributed by atoms with van der Waals surface area (Å²) >= 11 is 11.8. The summed E-state index contributed by atoms with van der Waals surface area (Å²) in [6.07, 6.45) is 1.77. The SMILES string of the molecule is CCCCN(C)C(=O)c1cc(S(N)(=O)=O)cc(Cl)c1Cl. The summed E-state index contributed by atoms with van der Waals surface area (Å²) < 4.78 is 22.7. The Morgan fingerprint density at radius 1 is 1.35 bits per heavy atom. The van der Waals surface area contributed by atoms with Crippen molar-refractivity contribution in [2.24, 2.45) is 5.14 Å². The maximum atomic E-state index is 12.2. The molecule has 0 aromatic heterocycles. The number of carbonyl (C=O) groups excluding carboxylic acids is 1. The van der Waals surface area contributed by atoms with Gasteiger partial charge in [-0.05, 0) is 18.6 Å². The second kappa shape index (κ2) is 6.76. The van der Waals surface area contributed by atoms with Gasteiger partial charge in [0.2, 0.25) is 10.0 Å². The van der Waals surface area contributed by atoms with Gasteiger partial charge in [-0.25, -0.2) is 13.6 Å². The Morgan fingerprint density at radius 3 is 2.45 bits per heavy atom. The number of primary sulfonamides is 1. The lowest BCUT2D eigenvalue weighted by Gasteiger charge is -2.18. The van der Waals surface area contributed by atoms with Gasteiger partial charge in [0.15, 0.2) is 0 Å². The van der Waals surface area contributed by atoms with Crippen LogP contribution in [0.15, 0.2) is 17.0 Å². The van der Waals surface area contributed by atoms with Crippen LogP contribution in [0.5, 0.6) is 0 Å². The Morgan fingerprint density at radius 2 is 1.95 bits per heavy atom. The molecule has 0 atom stereocenters. The highest BCUT2D eigenvalue weighted by molar-refractivity contribution is 7.89. The van der Waals surface area contributed by atoms with Gasteiger partial charge in [0.1, 0.15) is 0 Å². The highest BCUT2D eigenvalue weighted by atomic mass is 35.5. The molecule has 0 unspecified atom stereocenters. The van der Waals surface area contributed by atoms with Gasteiger partial charge in [-0.1, -0.05) is 36.5 Å². The van der Waals surface area contributed by atoms with E-state index in [1.54, 1.807) is 7.05 Å². The van der Waals surface area contributed by atoms with E-state index in [4.69, 9.17) is 28.3 Å². The predicted octanol–water partition coefficient (Wildman–Crippen LogP) is 2.51. The van der Waals surface area contributed by atoms with Gasteiger partial charge in [0.25, 0.3) is 5.91 Å². The monoisotopic (exact) mass is 338 g/mol. The number of rotatable bonds is 5. The van der Waals surface area contributed by atoms with Crippen LogP contribution in [0, 0.1) is 0 Å². The van der Waals surface area contributed by atoms with E-state index in [1.807, 2.05) is 6.92 Å². The van der Waals surface area contributed by atoms with E-state index in [0.717, 1.165) is 25.0 Å². The van der Waals surface area contributed by atoms with Gasteiger partial charge in [-0.2, -0.15) is 0 Å². The van der Waals surface area contributed by atoms with Crippen LogP contribution in [0.1, 0.15) is 30.1 Å². The molecular formula is C12H16Cl2N2O3S. The van der Waals surface area contributed by atoms with E-state index in [1.165, 1.54) is 4.90 Å². The molecule has 0 radical (unpaired) electrons. The highest BCUT2D eigenvalue weighted by Crippen LogP contribution is 2.30. The molecule has 0 aliphatic heterocycles. The summed E-state index contributed by atoms with van der Waals surface area (Å²) in [5, 5.41) is 5.04. The Labute approximate surface area is 128 Å². The second-order valence-electron chi connectivity index (χ2n) is 4.39. The van der Waals surface area contributed by atoms with Crippen molar-refractivity contribution >= 4 is 39.1 Å². The molecule has 0 saturated carbocycles. The van der Waals surface area contributed by atoms with E-state index in [9.17, 15) is 13.2 Å². The molecule has 0 bridgehead atoms. The predicted molar refractivity (Wildman–Crippen MR) is 79.7 cm³/mol. The minimum absolute atomic E-state index is 0.0208. The Bertz CT molecular complexity index is 617. The highest BCUT2D eigenvalue weighted by Gasteiger charge is 2.21. The molecule has 1 amide bonds. The fraction of sp³-hybridized carbons (Fsp3) is 0.417. The average molecular weight is 339 g/mol. The number of halogens is 2. The quantitative estimate of drug-likeness (QED) is 0.895. The lowest BCUT2D eigenvalue weighted by atomic mass is 10.2. The first-order valence-corrected chi connectivity index (χ1v) is 8.26. The summed E-state index contributed by atoms with van der Waals surface area (Å²) in [5.74, 6) is -0.393. The van der Waals surface area contributed by atoms with Gasteiger partial charge in [-0.3, -0.25) is 4.79 Å². The fourth-order valence-corrected chi connectivity index (χ4v) is 2.62. The molecule has 1 aromatic carbocycles. The molecule has 2 N–H and O–H groups in total. The summed E-state index contributed by atoms with van der Waals surface area (Å²) in [6, 6.07) is 2.27. The van der Waals surface area contributed by atoms with Gasteiger partial charge >= 0.3 is 0 Å². The Hall–Kier alpha value is -0.820. The maximum Gasteiger partial charge on any atom is 0.255 e.